The van der Waals surface area contributed by atoms with E-state index in [9.17, 15) is 14.7 Å². The molecule has 0 radical (unpaired) electrons. The van der Waals surface area contributed by atoms with Gasteiger partial charge in [0.15, 0.2) is 0 Å². The first kappa shape index (κ1) is 23.3. The zero-order valence-corrected chi connectivity index (χ0v) is 20.9. The molecule has 1 saturated carbocycles. The number of amides is 2. The highest BCUT2D eigenvalue weighted by molar-refractivity contribution is 6.05. The van der Waals surface area contributed by atoms with Crippen molar-refractivity contribution in [2.24, 2.45) is 11.8 Å². The summed E-state index contributed by atoms with van der Waals surface area (Å²) < 4.78 is 2.17. The molecule has 1 aliphatic carbocycles. The van der Waals surface area contributed by atoms with Crippen molar-refractivity contribution >= 4 is 22.8 Å². The summed E-state index contributed by atoms with van der Waals surface area (Å²) in [6.07, 6.45) is 2.98. The van der Waals surface area contributed by atoms with Gasteiger partial charge >= 0.3 is 0 Å². The molecule has 7 nitrogen and oxygen atoms in total. The van der Waals surface area contributed by atoms with Crippen molar-refractivity contribution in [1.29, 1.82) is 0 Å². The molecule has 1 unspecified atom stereocenters. The third-order valence-corrected chi connectivity index (χ3v) is 7.53. The number of hydrogen-bond acceptors (Lipinski definition) is 4. The Hall–Kier alpha value is -4.13. The summed E-state index contributed by atoms with van der Waals surface area (Å²) in [7, 11) is 1.64. The number of nitrogens with one attached hydrogen (secondary N) is 1. The topological polar surface area (TPSA) is 87.5 Å². The van der Waals surface area contributed by atoms with Crippen LogP contribution >= 0.6 is 0 Å². The molecule has 3 aromatic carbocycles. The Morgan fingerprint density at radius 3 is 2.46 bits per heavy atom. The Morgan fingerprint density at radius 2 is 1.73 bits per heavy atom. The van der Waals surface area contributed by atoms with Gasteiger partial charge in [-0.3, -0.25) is 9.59 Å². The number of phenols is 1. The molecule has 7 heteroatoms. The number of fused-ring (bicyclic) bond motifs is 1. The van der Waals surface area contributed by atoms with E-state index in [1.54, 1.807) is 19.2 Å². The third-order valence-electron chi connectivity index (χ3n) is 7.53. The number of nitrogens with zero attached hydrogens (tertiary/aromatic N) is 3. The maximum absolute atomic E-state index is 12.8. The first-order valence-corrected chi connectivity index (χ1v) is 12.9. The molecule has 2 aliphatic rings. The highest BCUT2D eigenvalue weighted by atomic mass is 16.3. The van der Waals surface area contributed by atoms with Crippen LogP contribution in [0.1, 0.15) is 29.6 Å². The molecule has 4 aromatic rings. The van der Waals surface area contributed by atoms with Crippen molar-refractivity contribution in [1.82, 2.24) is 19.8 Å². The molecule has 2 N–H and O–H groups in total. The summed E-state index contributed by atoms with van der Waals surface area (Å²) in [5.74, 6) is 1.72. The summed E-state index contributed by atoms with van der Waals surface area (Å²) in [6, 6.07) is 21.0. The lowest BCUT2D eigenvalue weighted by atomic mass is 10.0. The fourth-order valence-electron chi connectivity index (χ4n) is 5.43. The normalized spacial score (nSPS) is 17.3. The van der Waals surface area contributed by atoms with E-state index in [0.717, 1.165) is 65.9 Å². The zero-order valence-electron chi connectivity index (χ0n) is 20.9. The van der Waals surface area contributed by atoms with Crippen molar-refractivity contribution in [3.8, 4) is 28.3 Å². The van der Waals surface area contributed by atoms with E-state index in [-0.39, 0.29) is 17.6 Å². The monoisotopic (exact) mass is 494 g/mol. The second kappa shape index (κ2) is 9.39. The number of carbonyl (C=O) groups excluding carboxylic acids is 2. The largest absolute Gasteiger partial charge is 0.508 e. The average Bonchev–Trinajstić information content (AvgIpc) is 3.57. The van der Waals surface area contributed by atoms with Gasteiger partial charge in [0.05, 0.1) is 16.6 Å². The zero-order chi connectivity index (χ0) is 25.5. The quantitative estimate of drug-likeness (QED) is 0.407. The van der Waals surface area contributed by atoms with Gasteiger partial charge in [-0.2, -0.15) is 0 Å². The molecular weight excluding hydrogens is 464 g/mol. The van der Waals surface area contributed by atoms with Crippen LogP contribution in [0.3, 0.4) is 0 Å². The van der Waals surface area contributed by atoms with Gasteiger partial charge in [0.25, 0.3) is 5.91 Å². The first-order chi connectivity index (χ1) is 18.0. The van der Waals surface area contributed by atoms with Gasteiger partial charge in [-0.1, -0.05) is 42.5 Å². The lowest BCUT2D eigenvalue weighted by Crippen LogP contribution is -2.30. The van der Waals surface area contributed by atoms with Crippen LogP contribution in [0.4, 0.5) is 0 Å². The van der Waals surface area contributed by atoms with Crippen molar-refractivity contribution in [2.45, 2.75) is 25.8 Å². The van der Waals surface area contributed by atoms with Gasteiger partial charge in [0.1, 0.15) is 11.6 Å². The Kier molecular flexibility index (Phi) is 5.91. The molecule has 0 spiro atoms. The molecule has 188 valence electrons. The number of aromatic nitrogens is 2. The number of likely N-dealkylation sites (tertiary alicyclic amines) is 1. The van der Waals surface area contributed by atoms with Gasteiger partial charge in [0.2, 0.25) is 5.91 Å². The van der Waals surface area contributed by atoms with E-state index >= 15 is 0 Å². The molecule has 1 atom stereocenters. The van der Waals surface area contributed by atoms with Crippen molar-refractivity contribution in [3.63, 3.8) is 0 Å². The molecular formula is C30H30N4O3. The number of phenolic OH excluding ortho intramolecular Hbond substituents is 1. The molecule has 2 amide bonds. The average molecular weight is 495 g/mol. The molecule has 6 rings (SSSR count). The Bertz CT molecular complexity index is 1490. The summed E-state index contributed by atoms with van der Waals surface area (Å²) in [5, 5.41) is 12.6. The van der Waals surface area contributed by atoms with Gasteiger partial charge < -0.3 is 19.9 Å². The van der Waals surface area contributed by atoms with Crippen LogP contribution in [0.2, 0.25) is 0 Å². The van der Waals surface area contributed by atoms with E-state index in [4.69, 9.17) is 4.98 Å². The van der Waals surface area contributed by atoms with E-state index in [0.29, 0.717) is 23.9 Å². The first-order valence-electron chi connectivity index (χ1n) is 12.9. The molecule has 1 saturated heterocycles. The molecule has 0 bridgehead atoms. The molecule has 37 heavy (non-hydrogen) atoms. The van der Waals surface area contributed by atoms with Crippen LogP contribution in [0, 0.1) is 11.8 Å². The van der Waals surface area contributed by atoms with Crippen LogP contribution in [0.15, 0.2) is 66.7 Å². The smallest absolute Gasteiger partial charge is 0.253 e. The van der Waals surface area contributed by atoms with Crippen molar-refractivity contribution < 1.29 is 14.7 Å². The second-order valence-electron chi connectivity index (χ2n) is 10.1. The predicted octanol–water partition coefficient (Wildman–Crippen LogP) is 4.69. The van der Waals surface area contributed by atoms with E-state index in [1.165, 1.54) is 0 Å². The Labute approximate surface area is 215 Å². The number of rotatable bonds is 6. The van der Waals surface area contributed by atoms with Crippen LogP contribution < -0.4 is 5.32 Å². The maximum Gasteiger partial charge on any atom is 0.253 e. The standard InChI is InChI=1S/C30H30N4O3/c1-31-29(36)25-6-3-7-26-27(25)34(18-19-14-15-33(17-19)30(37)22-12-13-22)28(32-26)21-10-8-20(9-11-21)23-4-2-5-24(35)16-23/h2-11,16,19,22,35H,12-15,17-18H2,1H3,(H,31,36). The number of para-hydroxylation sites is 1. The van der Waals surface area contributed by atoms with E-state index in [1.807, 2.05) is 59.5 Å². The molecule has 1 aromatic heterocycles. The Balaban J connectivity index is 1.38. The number of imidazole rings is 1. The van der Waals surface area contributed by atoms with E-state index < -0.39 is 0 Å². The summed E-state index contributed by atoms with van der Waals surface area (Å²) in [5.41, 5.74) is 5.08. The van der Waals surface area contributed by atoms with E-state index in [2.05, 4.69) is 9.88 Å². The van der Waals surface area contributed by atoms with Crippen molar-refractivity contribution in [3.05, 3.63) is 72.3 Å². The fraction of sp³-hybridized carbons (Fsp3) is 0.300. The Morgan fingerprint density at radius 1 is 0.973 bits per heavy atom. The summed E-state index contributed by atoms with van der Waals surface area (Å²) in [4.78, 5) is 32.4. The highest BCUT2D eigenvalue weighted by Gasteiger charge is 2.37. The lowest BCUT2D eigenvalue weighted by molar-refractivity contribution is -0.131. The minimum absolute atomic E-state index is 0.144. The van der Waals surface area contributed by atoms with Crippen LogP contribution in [-0.4, -0.2) is 51.5 Å². The number of aromatic hydroxyl groups is 1. The minimum atomic E-state index is -0.144. The molecule has 2 heterocycles. The maximum atomic E-state index is 12.8. The lowest BCUT2D eigenvalue weighted by Gasteiger charge is -2.18. The fourth-order valence-corrected chi connectivity index (χ4v) is 5.43. The highest BCUT2D eigenvalue weighted by Crippen LogP contribution is 2.35. The van der Waals surface area contributed by atoms with Crippen molar-refractivity contribution in [2.75, 3.05) is 20.1 Å². The van der Waals surface area contributed by atoms with Crippen LogP contribution in [0.25, 0.3) is 33.5 Å². The molecule has 2 fully saturated rings. The van der Waals surface area contributed by atoms with Gasteiger partial charge in [-0.25, -0.2) is 4.98 Å². The van der Waals surface area contributed by atoms with Crippen LogP contribution in [-0.2, 0) is 11.3 Å². The van der Waals surface area contributed by atoms with Gasteiger partial charge in [-0.05, 0) is 60.6 Å². The van der Waals surface area contributed by atoms with Gasteiger partial charge in [-0.15, -0.1) is 0 Å². The minimum Gasteiger partial charge on any atom is -0.508 e. The second-order valence-corrected chi connectivity index (χ2v) is 10.1. The van der Waals surface area contributed by atoms with Gasteiger partial charge in [0, 0.05) is 38.2 Å². The third kappa shape index (κ3) is 4.46. The summed E-state index contributed by atoms with van der Waals surface area (Å²) >= 11 is 0. The number of carbonyl (C=O) groups is 2. The summed E-state index contributed by atoms with van der Waals surface area (Å²) in [6.45, 7) is 2.22. The molecule has 1 aliphatic heterocycles. The number of benzene rings is 3. The van der Waals surface area contributed by atoms with Crippen LogP contribution in [0.5, 0.6) is 5.75 Å². The predicted molar refractivity (Wildman–Crippen MR) is 143 cm³/mol. The number of hydrogen-bond donors (Lipinski definition) is 2. The SMILES string of the molecule is CNC(=O)c1cccc2nc(-c3ccc(-c4cccc(O)c4)cc3)n(CC3CCN(C(=O)C4CC4)C3)c12.